The quantitative estimate of drug-likeness (QED) is 0.0435. The van der Waals surface area contributed by atoms with E-state index in [0.29, 0.717) is 83.8 Å². The van der Waals surface area contributed by atoms with Gasteiger partial charge >= 0.3 is 0 Å². The smallest absolute Gasteiger partial charge is 0.261 e. The fourth-order valence-electron chi connectivity index (χ4n) is 11.4. The molecule has 0 saturated carbocycles. The second-order valence-corrected chi connectivity index (χ2v) is 25.7. The van der Waals surface area contributed by atoms with E-state index in [1.54, 1.807) is 12.4 Å². The molecule has 0 aliphatic carbocycles. The van der Waals surface area contributed by atoms with Gasteiger partial charge in [0.25, 0.3) is 31.9 Å². The van der Waals surface area contributed by atoms with Crippen LogP contribution in [0, 0.1) is 0 Å². The fourth-order valence-corrected chi connectivity index (χ4v) is 16.0. The average molecular weight is 1090 g/mol. The molecule has 10 aromatic rings. The molecule has 0 saturated heterocycles. The molecule has 0 bridgehead atoms. The van der Waals surface area contributed by atoms with Crippen LogP contribution in [0.25, 0.3) is 44.4 Å². The van der Waals surface area contributed by atoms with E-state index >= 15 is 0 Å². The highest BCUT2D eigenvalue weighted by atomic mass is 28.4. The van der Waals surface area contributed by atoms with Crippen molar-refractivity contribution in [3.63, 3.8) is 0 Å². The zero-order valence-corrected chi connectivity index (χ0v) is 46.5. The van der Waals surface area contributed by atoms with Crippen LogP contribution in [0.1, 0.15) is 67.0 Å². The van der Waals surface area contributed by atoms with Crippen LogP contribution in [0.15, 0.2) is 207 Å². The number of amides is 4. The maximum atomic E-state index is 13.4. The largest absolute Gasteiger partial charge is 0.407 e. The minimum Gasteiger partial charge on any atom is -0.407 e. The number of carbonyl (C=O) groups is 4. The van der Waals surface area contributed by atoms with E-state index in [2.05, 4.69) is 114 Å². The van der Waals surface area contributed by atoms with E-state index in [-0.39, 0.29) is 17.6 Å². The van der Waals surface area contributed by atoms with Gasteiger partial charge in [0.2, 0.25) is 0 Å². The summed E-state index contributed by atoms with van der Waals surface area (Å²) in [5, 5.41) is 18.3. The summed E-state index contributed by atoms with van der Waals surface area (Å²) in [6.45, 7) is 9.99. The van der Waals surface area contributed by atoms with Crippen LogP contribution >= 0.6 is 0 Å². The maximum Gasteiger partial charge on any atom is 0.261 e. The van der Waals surface area contributed by atoms with Crippen LogP contribution in [0.4, 0.5) is 0 Å². The van der Waals surface area contributed by atoms with Crippen molar-refractivity contribution in [1.82, 2.24) is 38.9 Å². The molecule has 8 heterocycles. The predicted octanol–water partition coefficient (Wildman–Crippen LogP) is 9.26. The minimum absolute atomic E-state index is 0.0592. The van der Waals surface area contributed by atoms with Gasteiger partial charge in [-0.15, -0.1) is 0 Å². The van der Waals surface area contributed by atoms with E-state index < -0.39 is 26.0 Å². The van der Waals surface area contributed by atoms with Gasteiger partial charge in [0, 0.05) is 122 Å². The molecule has 6 aromatic heterocycles. The Bertz CT molecular complexity index is 3960. The zero-order valence-electron chi connectivity index (χ0n) is 45.5. The van der Waals surface area contributed by atoms with Crippen LogP contribution in [0.2, 0.25) is 5.04 Å². The third-order valence-corrected chi connectivity index (χ3v) is 20.0. The van der Waals surface area contributed by atoms with E-state index in [1.807, 2.05) is 136 Å². The molecule has 4 aromatic carbocycles. The Hall–Kier alpha value is -9.28. The minimum atomic E-state index is -2.67. The van der Waals surface area contributed by atoms with E-state index in [1.165, 1.54) is 10.4 Å². The molecule has 0 fully saturated rings. The highest BCUT2D eigenvalue weighted by Gasteiger charge is 2.50. The summed E-state index contributed by atoms with van der Waals surface area (Å²) in [5.74, 6) is -1.59. The zero-order chi connectivity index (χ0) is 56.1. The summed E-state index contributed by atoms with van der Waals surface area (Å²) >= 11 is 0. The van der Waals surface area contributed by atoms with Crippen molar-refractivity contribution >= 4 is 86.7 Å². The second-order valence-electron chi connectivity index (χ2n) is 21.3. The molecule has 14 nitrogen and oxygen atoms in total. The second kappa shape index (κ2) is 23.2. The van der Waals surface area contributed by atoms with Gasteiger partial charge in [-0.2, -0.15) is 0 Å². The monoisotopic (exact) mass is 1090 g/mol. The number of aliphatic hydroxyl groups is 1. The molecule has 0 atom stereocenters. The number of carbonyl (C=O) groups excluding carboxylic acids is 4. The summed E-state index contributed by atoms with van der Waals surface area (Å²) in [6.07, 6.45) is 16.3. The molecule has 0 spiro atoms. The number of imide groups is 2. The summed E-state index contributed by atoms with van der Waals surface area (Å²) in [6, 6.07) is 52.8. The van der Waals surface area contributed by atoms with Crippen molar-refractivity contribution in [1.29, 1.82) is 0 Å². The van der Waals surface area contributed by atoms with Crippen molar-refractivity contribution in [2.45, 2.75) is 64.8 Å². The SMILES string of the molecule is CC(C)(C)[Si](OCCCn1cc(C2=C(c3ccn(Cc4ccccc4)c3)C(=O)NC2=O)c2cccnc21)(c1ccccc1)c1ccccc1.O=C1NC(=O)C(c2cn(CCCO)c3ncccc23)=C1c1ccn(Cc2ccccc2)c1. The highest BCUT2D eigenvalue weighted by Crippen LogP contribution is 2.39. The molecule has 0 radical (unpaired) electrons. The number of pyridine rings is 2. The van der Waals surface area contributed by atoms with Crippen LogP contribution in [0.3, 0.4) is 0 Å². The van der Waals surface area contributed by atoms with Crippen molar-refractivity contribution in [3.8, 4) is 0 Å². The summed E-state index contributed by atoms with van der Waals surface area (Å²) in [7, 11) is -2.67. The van der Waals surface area contributed by atoms with Crippen LogP contribution < -0.4 is 21.0 Å². The van der Waals surface area contributed by atoms with Crippen molar-refractivity contribution in [3.05, 3.63) is 241 Å². The topological polar surface area (TPSA) is 167 Å². The van der Waals surface area contributed by atoms with Gasteiger partial charge in [-0.25, -0.2) is 9.97 Å². The van der Waals surface area contributed by atoms with Crippen LogP contribution in [0.5, 0.6) is 0 Å². The number of nitrogens with zero attached hydrogens (tertiary/aromatic N) is 6. The van der Waals surface area contributed by atoms with Crippen LogP contribution in [-0.2, 0) is 49.8 Å². The number of aryl methyl sites for hydroxylation is 2. The Morgan fingerprint density at radius 2 is 0.901 bits per heavy atom. The van der Waals surface area contributed by atoms with Gasteiger partial charge in [-0.1, -0.05) is 142 Å². The molecule has 406 valence electrons. The Morgan fingerprint density at radius 3 is 1.32 bits per heavy atom. The number of benzene rings is 4. The number of rotatable bonds is 18. The Morgan fingerprint density at radius 1 is 0.494 bits per heavy atom. The van der Waals surface area contributed by atoms with Gasteiger partial charge in [0.15, 0.2) is 0 Å². The number of hydrogen-bond acceptors (Lipinski definition) is 8. The highest BCUT2D eigenvalue weighted by molar-refractivity contribution is 6.99. The Balaban J connectivity index is 0.000000186. The molecule has 12 rings (SSSR count). The number of aliphatic hydroxyl groups excluding tert-OH is 1. The number of aromatic nitrogens is 6. The molecule has 15 heteroatoms. The lowest BCUT2D eigenvalue weighted by molar-refractivity contribution is -0.124. The van der Waals surface area contributed by atoms with E-state index in [9.17, 15) is 24.3 Å². The van der Waals surface area contributed by atoms with Gasteiger partial charge in [0.05, 0.1) is 22.3 Å². The van der Waals surface area contributed by atoms with Gasteiger partial charge in [0.1, 0.15) is 11.3 Å². The lowest BCUT2D eigenvalue weighted by Gasteiger charge is -2.43. The third-order valence-electron chi connectivity index (χ3n) is 15.0. The average Bonchev–Trinajstić information content (AvgIpc) is 4.44. The fraction of sp³-hybridized carbons (Fsp3) is 0.182. The molecular formula is C66H62N8O6Si. The number of hydrogen-bond donors (Lipinski definition) is 3. The van der Waals surface area contributed by atoms with Gasteiger partial charge in [-0.05, 0) is 75.8 Å². The molecule has 2 aliphatic heterocycles. The predicted molar refractivity (Wildman–Crippen MR) is 319 cm³/mol. The van der Waals surface area contributed by atoms with Crippen LogP contribution in [-0.4, -0.2) is 78.5 Å². The molecule has 0 unspecified atom stereocenters. The van der Waals surface area contributed by atoms with E-state index in [4.69, 9.17) is 9.41 Å². The van der Waals surface area contributed by atoms with E-state index in [0.717, 1.165) is 39.6 Å². The Kier molecular flexibility index (Phi) is 15.4. The summed E-state index contributed by atoms with van der Waals surface area (Å²) < 4.78 is 15.2. The maximum absolute atomic E-state index is 13.4. The lowest BCUT2D eigenvalue weighted by Crippen LogP contribution is -2.66. The lowest BCUT2D eigenvalue weighted by atomic mass is 9.98. The summed E-state index contributed by atoms with van der Waals surface area (Å²) in [5.41, 5.74) is 8.04. The number of nitrogens with one attached hydrogen (secondary N) is 2. The Labute approximate surface area is 470 Å². The normalized spacial score (nSPS) is 13.8. The molecule has 81 heavy (non-hydrogen) atoms. The third kappa shape index (κ3) is 10.8. The van der Waals surface area contributed by atoms with Crippen molar-refractivity contribution in [2.75, 3.05) is 13.2 Å². The first-order chi connectivity index (χ1) is 39.4. The standard InChI is InChI=1S/C41H40N4O3Si.C25H22N4O3/c1-41(2,3)49(32-17-9-5-10-18-32,33-19-11-6-12-20-33)48-26-14-24-45-29-35(34-21-13-23-42-38(34)45)37-36(39(46)43-40(37)47)31-22-25-44(28-31)27-30-15-7-4-8-16-30;30-13-5-11-29-16-20(19-8-4-10-26-23(19)29)22-21(24(31)27-25(22)32)18-9-12-28(15-18)14-17-6-2-1-3-7-17/h4-13,15-23,25,28-29H,14,24,26-27H2,1-3H3,(H,43,46,47);1-4,6-10,12,15-16,30H,5,11,13-14H2,(H,27,31,32). The van der Waals surface area contributed by atoms with Crippen molar-refractivity contribution < 1.29 is 28.7 Å². The van der Waals surface area contributed by atoms with Gasteiger partial charge < -0.3 is 27.8 Å². The molecule has 2 aliphatic rings. The molecule has 3 N–H and O–H groups in total. The first-order valence-corrected chi connectivity index (χ1v) is 29.2. The first kappa shape index (κ1) is 53.7. The molecular weight excluding hydrogens is 1030 g/mol. The first-order valence-electron chi connectivity index (χ1n) is 27.3. The molecule has 4 amide bonds. The number of fused-ring (bicyclic) bond motifs is 2. The van der Waals surface area contributed by atoms with Crippen molar-refractivity contribution in [2.24, 2.45) is 0 Å². The van der Waals surface area contributed by atoms with Gasteiger partial charge in [-0.3, -0.25) is 29.8 Å². The summed E-state index contributed by atoms with van der Waals surface area (Å²) in [4.78, 5) is 61.5.